The zero-order chi connectivity index (χ0) is 16.2. The van der Waals surface area contributed by atoms with Gasteiger partial charge < -0.3 is 9.64 Å². The Morgan fingerprint density at radius 2 is 2.30 bits per heavy atom. The Balaban J connectivity index is 1.67. The second-order valence-electron chi connectivity index (χ2n) is 5.65. The molecule has 1 aromatic heterocycles. The fourth-order valence-corrected chi connectivity index (χ4v) is 3.29. The lowest BCUT2D eigenvalue weighted by molar-refractivity contribution is -0.136. The first-order valence-electron chi connectivity index (χ1n) is 7.66. The number of likely N-dealkylation sites (tertiary alicyclic amines) is 1. The van der Waals surface area contributed by atoms with Crippen LogP contribution in [-0.4, -0.2) is 38.7 Å². The third-order valence-corrected chi connectivity index (χ3v) is 4.52. The molecule has 1 saturated heterocycles. The van der Waals surface area contributed by atoms with Crippen molar-refractivity contribution < 1.29 is 13.9 Å². The normalized spacial score (nSPS) is 18.0. The van der Waals surface area contributed by atoms with E-state index in [1.807, 2.05) is 4.90 Å². The molecule has 0 bridgehead atoms. The lowest BCUT2D eigenvalue weighted by atomic mass is 10.0. The summed E-state index contributed by atoms with van der Waals surface area (Å²) in [6, 6.07) is 6.33. The van der Waals surface area contributed by atoms with Gasteiger partial charge in [0.2, 0.25) is 0 Å². The zero-order valence-electron chi connectivity index (χ0n) is 12.9. The second-order valence-corrected chi connectivity index (χ2v) is 6.18. The van der Waals surface area contributed by atoms with E-state index in [0.29, 0.717) is 11.3 Å². The Morgan fingerprint density at radius 3 is 3.09 bits per heavy atom. The van der Waals surface area contributed by atoms with Gasteiger partial charge >= 0.3 is 0 Å². The summed E-state index contributed by atoms with van der Waals surface area (Å²) in [5.74, 6) is -0.117. The van der Waals surface area contributed by atoms with Crippen LogP contribution in [0.2, 0.25) is 0 Å². The molecule has 0 spiro atoms. The minimum atomic E-state index is -0.348. The molecular weight excluding hydrogens is 317 g/mol. The molecule has 0 aliphatic carbocycles. The number of aromatic nitrogens is 2. The highest BCUT2D eigenvalue weighted by Gasteiger charge is 2.24. The summed E-state index contributed by atoms with van der Waals surface area (Å²) >= 11 is 0.982. The molecule has 1 fully saturated rings. The van der Waals surface area contributed by atoms with E-state index in [0.717, 1.165) is 37.5 Å². The van der Waals surface area contributed by atoms with Crippen LogP contribution in [0.5, 0.6) is 5.88 Å². The van der Waals surface area contributed by atoms with E-state index >= 15 is 0 Å². The molecule has 23 heavy (non-hydrogen) atoms. The molecule has 5 nitrogen and oxygen atoms in total. The number of amides is 1. The summed E-state index contributed by atoms with van der Waals surface area (Å²) in [6.07, 6.45) is 3.22. The lowest BCUT2D eigenvalue weighted by Gasteiger charge is -2.33. The Labute approximate surface area is 138 Å². The molecule has 2 aromatic rings. The van der Waals surface area contributed by atoms with Crippen molar-refractivity contribution in [3.63, 3.8) is 0 Å². The van der Waals surface area contributed by atoms with Crippen LogP contribution in [0.3, 0.4) is 0 Å². The van der Waals surface area contributed by atoms with Crippen molar-refractivity contribution in [1.29, 1.82) is 0 Å². The molecule has 3 rings (SSSR count). The van der Waals surface area contributed by atoms with Gasteiger partial charge in [-0.2, -0.15) is 4.37 Å². The summed E-state index contributed by atoms with van der Waals surface area (Å²) in [6.45, 7) is 2.76. The molecule has 1 amide bonds. The van der Waals surface area contributed by atoms with Crippen LogP contribution < -0.4 is 4.74 Å². The van der Waals surface area contributed by atoms with Crippen LogP contribution in [0.1, 0.15) is 26.2 Å². The van der Waals surface area contributed by atoms with Crippen molar-refractivity contribution in [2.75, 3.05) is 13.2 Å². The molecule has 0 radical (unpaired) electrons. The fourth-order valence-electron chi connectivity index (χ4n) is 2.77. The number of piperidine rings is 1. The summed E-state index contributed by atoms with van der Waals surface area (Å²) in [5.41, 5.74) is 1.06. The number of hydrogen-bond donors (Lipinski definition) is 0. The quantitative estimate of drug-likeness (QED) is 0.861. The van der Waals surface area contributed by atoms with Crippen LogP contribution in [0.15, 0.2) is 24.3 Å². The number of hydrogen-bond acceptors (Lipinski definition) is 5. The third kappa shape index (κ3) is 3.67. The van der Waals surface area contributed by atoms with Crippen molar-refractivity contribution >= 4 is 17.6 Å². The van der Waals surface area contributed by atoms with E-state index in [1.54, 1.807) is 12.1 Å². The van der Waals surface area contributed by atoms with Gasteiger partial charge in [-0.25, -0.2) is 4.39 Å². The molecule has 122 valence electrons. The number of carbonyl (C=O) groups excluding carboxylic acids is 1. The minimum Gasteiger partial charge on any atom is -0.465 e. The molecule has 1 aliphatic rings. The first-order valence-corrected chi connectivity index (χ1v) is 8.39. The van der Waals surface area contributed by atoms with Gasteiger partial charge in [-0.3, -0.25) is 4.79 Å². The Morgan fingerprint density at radius 1 is 1.43 bits per heavy atom. The Hall–Kier alpha value is -2.02. The number of halogens is 1. The molecule has 2 heterocycles. The third-order valence-electron chi connectivity index (χ3n) is 4.01. The van der Waals surface area contributed by atoms with Gasteiger partial charge in [-0.15, -0.1) is 4.37 Å². The molecule has 1 aromatic carbocycles. The van der Waals surface area contributed by atoms with Crippen LogP contribution in [0, 0.1) is 5.82 Å². The molecule has 0 N–H and O–H groups in total. The van der Waals surface area contributed by atoms with Crippen LogP contribution in [0.4, 0.5) is 4.39 Å². The summed E-state index contributed by atoms with van der Waals surface area (Å²) in [7, 11) is 0. The molecule has 1 aliphatic heterocycles. The van der Waals surface area contributed by atoms with Gasteiger partial charge in [0.05, 0.1) is 11.7 Å². The highest BCUT2D eigenvalue weighted by atomic mass is 32.1. The van der Waals surface area contributed by atoms with Crippen LogP contribution in [0.25, 0.3) is 11.3 Å². The zero-order valence-corrected chi connectivity index (χ0v) is 13.7. The highest BCUT2D eigenvalue weighted by molar-refractivity contribution is 6.99. The molecular formula is C16H18FN3O2S. The van der Waals surface area contributed by atoms with E-state index in [-0.39, 0.29) is 30.3 Å². The molecule has 1 unspecified atom stereocenters. The number of rotatable bonds is 4. The van der Waals surface area contributed by atoms with Crippen LogP contribution >= 0.6 is 11.7 Å². The summed E-state index contributed by atoms with van der Waals surface area (Å²) < 4.78 is 27.1. The maximum atomic E-state index is 13.3. The number of carbonyl (C=O) groups is 1. The monoisotopic (exact) mass is 335 g/mol. The SMILES string of the molecule is CC1CCCCN1C(=O)COc1nsnc1-c1cccc(F)c1. The van der Waals surface area contributed by atoms with Crippen molar-refractivity contribution in [3.05, 3.63) is 30.1 Å². The predicted octanol–water partition coefficient (Wildman–Crippen LogP) is 3.12. The predicted molar refractivity (Wildman–Crippen MR) is 85.8 cm³/mol. The average molecular weight is 335 g/mol. The number of benzene rings is 1. The molecule has 1 atom stereocenters. The van der Waals surface area contributed by atoms with Gasteiger partial charge in [0, 0.05) is 18.2 Å². The van der Waals surface area contributed by atoms with E-state index < -0.39 is 0 Å². The van der Waals surface area contributed by atoms with Crippen molar-refractivity contribution in [2.45, 2.75) is 32.2 Å². The maximum Gasteiger partial charge on any atom is 0.260 e. The van der Waals surface area contributed by atoms with Gasteiger partial charge in [0.25, 0.3) is 11.8 Å². The van der Waals surface area contributed by atoms with E-state index in [1.165, 1.54) is 12.1 Å². The Bertz CT molecular complexity index is 691. The standard InChI is InChI=1S/C16H18FN3O2S/c1-11-5-2-3-8-20(11)14(21)10-22-16-15(18-23-19-16)12-6-4-7-13(17)9-12/h4,6-7,9,11H,2-3,5,8,10H2,1H3. The van der Waals surface area contributed by atoms with Gasteiger partial charge in [-0.1, -0.05) is 12.1 Å². The van der Waals surface area contributed by atoms with Crippen molar-refractivity contribution in [2.24, 2.45) is 0 Å². The minimum absolute atomic E-state index is 0.0459. The van der Waals surface area contributed by atoms with E-state index in [2.05, 4.69) is 15.7 Å². The van der Waals surface area contributed by atoms with Gasteiger partial charge in [0.1, 0.15) is 11.5 Å². The molecule has 0 saturated carbocycles. The number of ether oxygens (including phenoxy) is 1. The smallest absolute Gasteiger partial charge is 0.260 e. The van der Waals surface area contributed by atoms with Gasteiger partial charge in [0.15, 0.2) is 6.61 Å². The molecule has 7 heteroatoms. The first kappa shape index (κ1) is 15.9. The first-order chi connectivity index (χ1) is 11.1. The van der Waals surface area contributed by atoms with Crippen molar-refractivity contribution in [3.8, 4) is 17.1 Å². The van der Waals surface area contributed by atoms with Crippen LogP contribution in [-0.2, 0) is 4.79 Å². The fraction of sp³-hybridized carbons (Fsp3) is 0.438. The van der Waals surface area contributed by atoms with E-state index in [9.17, 15) is 9.18 Å². The van der Waals surface area contributed by atoms with Crippen molar-refractivity contribution in [1.82, 2.24) is 13.6 Å². The topological polar surface area (TPSA) is 55.3 Å². The highest BCUT2D eigenvalue weighted by Crippen LogP contribution is 2.28. The van der Waals surface area contributed by atoms with E-state index in [4.69, 9.17) is 4.74 Å². The Kier molecular flexibility index (Phi) is 4.85. The second kappa shape index (κ2) is 7.04. The largest absolute Gasteiger partial charge is 0.465 e. The number of nitrogens with zero attached hydrogens (tertiary/aromatic N) is 3. The summed E-state index contributed by atoms with van der Waals surface area (Å²) in [5, 5.41) is 0. The maximum absolute atomic E-state index is 13.3. The lowest BCUT2D eigenvalue weighted by Crippen LogP contribution is -2.44. The summed E-state index contributed by atoms with van der Waals surface area (Å²) in [4.78, 5) is 14.2. The van der Waals surface area contributed by atoms with Gasteiger partial charge in [-0.05, 0) is 38.3 Å². The average Bonchev–Trinajstić information content (AvgIpc) is 3.01.